The van der Waals surface area contributed by atoms with Gasteiger partial charge in [-0.05, 0) is 53.9 Å². The number of fused-ring (bicyclic) bond motifs is 1. The highest BCUT2D eigenvalue weighted by atomic mass is 32.2. The molecule has 1 amide bonds. The van der Waals surface area contributed by atoms with E-state index in [9.17, 15) is 18.3 Å². The molecule has 0 spiro atoms. The van der Waals surface area contributed by atoms with Crippen LogP contribution in [0.3, 0.4) is 0 Å². The molecule has 0 aliphatic heterocycles. The van der Waals surface area contributed by atoms with Crippen LogP contribution in [0.4, 0.5) is 5.69 Å². The van der Waals surface area contributed by atoms with Gasteiger partial charge in [-0.25, -0.2) is 8.42 Å². The number of nitrogens with one attached hydrogen (secondary N) is 2. The number of rotatable bonds is 12. The highest BCUT2D eigenvalue weighted by Gasteiger charge is 2.26. The summed E-state index contributed by atoms with van der Waals surface area (Å²) in [6.45, 7) is 14.2. The molecule has 0 bridgehead atoms. The second-order valence-corrected chi connectivity index (χ2v) is 13.1. The maximum Gasteiger partial charge on any atom is 0.255 e. The van der Waals surface area contributed by atoms with Crippen LogP contribution in [-0.4, -0.2) is 38.8 Å². The van der Waals surface area contributed by atoms with Gasteiger partial charge in [-0.15, -0.1) is 0 Å². The Balaban J connectivity index is 1.66. The van der Waals surface area contributed by atoms with E-state index in [2.05, 4.69) is 69.8 Å². The first-order chi connectivity index (χ1) is 18.2. The van der Waals surface area contributed by atoms with Crippen LogP contribution in [0, 0.1) is 0 Å². The third-order valence-corrected chi connectivity index (χ3v) is 8.29. The van der Waals surface area contributed by atoms with Crippen molar-refractivity contribution < 1.29 is 23.1 Å². The zero-order valence-corrected chi connectivity index (χ0v) is 25.0. The van der Waals surface area contributed by atoms with Crippen molar-refractivity contribution in [2.45, 2.75) is 71.6 Å². The highest BCUT2D eigenvalue weighted by Crippen LogP contribution is 2.38. The third-order valence-electron chi connectivity index (χ3n) is 7.70. The number of hydrogen-bond donors (Lipinski definition) is 3. The topological polar surface area (TPSA) is 105 Å². The summed E-state index contributed by atoms with van der Waals surface area (Å²) in [5.41, 5.74) is 3.01. The second kappa shape index (κ2) is 11.9. The van der Waals surface area contributed by atoms with E-state index in [0.29, 0.717) is 36.0 Å². The van der Waals surface area contributed by atoms with Gasteiger partial charge in [0, 0.05) is 22.9 Å². The smallest absolute Gasteiger partial charge is 0.255 e. The molecule has 3 aromatic carbocycles. The Morgan fingerprint density at radius 1 is 0.949 bits per heavy atom. The summed E-state index contributed by atoms with van der Waals surface area (Å²) in [6, 6.07) is 14.5. The van der Waals surface area contributed by atoms with Gasteiger partial charge in [0.05, 0.1) is 24.1 Å². The van der Waals surface area contributed by atoms with E-state index in [1.54, 1.807) is 24.3 Å². The first kappa shape index (κ1) is 30.3. The fourth-order valence-corrected chi connectivity index (χ4v) is 4.94. The molecule has 3 rings (SSSR count). The van der Waals surface area contributed by atoms with Crippen molar-refractivity contribution in [2.75, 3.05) is 24.1 Å². The Morgan fingerprint density at radius 2 is 1.64 bits per heavy atom. The van der Waals surface area contributed by atoms with Crippen LogP contribution in [0.2, 0.25) is 0 Å². The second-order valence-electron chi connectivity index (χ2n) is 11.4. The Bertz CT molecular complexity index is 1440. The molecule has 39 heavy (non-hydrogen) atoms. The fraction of sp³-hybridized carbons (Fsp3) is 0.452. The summed E-state index contributed by atoms with van der Waals surface area (Å²) in [4.78, 5) is 12.8. The molecule has 8 heteroatoms. The molecule has 7 nitrogen and oxygen atoms in total. The lowest BCUT2D eigenvalue weighted by atomic mass is 9.76. The highest BCUT2D eigenvalue weighted by molar-refractivity contribution is 7.92. The van der Waals surface area contributed by atoms with Crippen LogP contribution in [0.5, 0.6) is 11.5 Å². The monoisotopic (exact) mass is 554 g/mol. The van der Waals surface area contributed by atoms with E-state index in [0.717, 1.165) is 24.8 Å². The maximum atomic E-state index is 12.8. The lowest BCUT2D eigenvalue weighted by molar-refractivity contribution is 0.0949. The molecule has 0 fully saturated rings. The molecule has 0 unspecified atom stereocenters. The molecule has 212 valence electrons. The molecule has 3 N–H and O–H groups in total. The van der Waals surface area contributed by atoms with Crippen molar-refractivity contribution >= 4 is 32.4 Å². The number of sulfonamides is 1. The molecule has 0 atom stereocenters. The predicted molar refractivity (Wildman–Crippen MR) is 160 cm³/mol. The number of carbonyl (C=O) groups excluding carboxylic acids is 1. The van der Waals surface area contributed by atoms with Crippen molar-refractivity contribution in [3.05, 3.63) is 65.2 Å². The van der Waals surface area contributed by atoms with Crippen LogP contribution in [0.1, 0.15) is 82.3 Å². The Labute approximate surface area is 233 Å². The molecule has 0 aliphatic rings. The van der Waals surface area contributed by atoms with E-state index in [1.165, 1.54) is 17.2 Å². The van der Waals surface area contributed by atoms with Gasteiger partial charge < -0.3 is 15.2 Å². The van der Waals surface area contributed by atoms with E-state index in [1.807, 2.05) is 0 Å². The SMILES string of the molecule is CCC(C)(C)c1ccc(OCCCNC(=O)c2ccc3c(NS(C)(=O)=O)cccc3c2O)c(C(C)(C)CC)c1. The summed E-state index contributed by atoms with van der Waals surface area (Å²) < 4.78 is 32.0. The van der Waals surface area contributed by atoms with Crippen LogP contribution in [-0.2, 0) is 20.9 Å². The van der Waals surface area contributed by atoms with Crippen LogP contribution < -0.4 is 14.8 Å². The van der Waals surface area contributed by atoms with Gasteiger partial charge in [0.2, 0.25) is 10.0 Å². The van der Waals surface area contributed by atoms with E-state index in [-0.39, 0.29) is 22.1 Å². The van der Waals surface area contributed by atoms with E-state index < -0.39 is 15.9 Å². The lowest BCUT2D eigenvalue weighted by Gasteiger charge is -2.30. The minimum Gasteiger partial charge on any atom is -0.506 e. The molecule has 0 aromatic heterocycles. The molecular formula is C31H42N2O5S. The lowest BCUT2D eigenvalue weighted by Crippen LogP contribution is -2.26. The molecular weight excluding hydrogens is 512 g/mol. The van der Waals surface area contributed by atoms with E-state index >= 15 is 0 Å². The molecule has 3 aromatic rings. The van der Waals surface area contributed by atoms with E-state index in [4.69, 9.17) is 4.74 Å². The first-order valence-electron chi connectivity index (χ1n) is 13.5. The maximum absolute atomic E-state index is 12.8. The van der Waals surface area contributed by atoms with Crippen molar-refractivity contribution in [2.24, 2.45) is 0 Å². The minimum absolute atomic E-state index is 0.0340. The number of hydrogen-bond acceptors (Lipinski definition) is 5. The largest absolute Gasteiger partial charge is 0.506 e. The zero-order valence-electron chi connectivity index (χ0n) is 24.1. The average Bonchev–Trinajstić information content (AvgIpc) is 2.88. The van der Waals surface area contributed by atoms with Gasteiger partial charge in [0.1, 0.15) is 11.5 Å². The number of anilines is 1. The van der Waals surface area contributed by atoms with Gasteiger partial charge in [0.15, 0.2) is 0 Å². The van der Waals surface area contributed by atoms with Gasteiger partial charge in [-0.2, -0.15) is 0 Å². The van der Waals surface area contributed by atoms with Crippen molar-refractivity contribution in [1.82, 2.24) is 5.32 Å². The summed E-state index contributed by atoms with van der Waals surface area (Å²) in [6.07, 6.45) is 3.68. The predicted octanol–water partition coefficient (Wildman–Crippen LogP) is 6.49. The van der Waals surface area contributed by atoms with Crippen LogP contribution >= 0.6 is 0 Å². The minimum atomic E-state index is -3.49. The molecule has 0 saturated carbocycles. The average molecular weight is 555 g/mol. The normalized spacial score (nSPS) is 12.4. The standard InChI is InChI=1S/C31H42N2O5S/c1-8-30(3,4)21-14-17-27(25(20-21)31(5,6)9-2)38-19-11-18-32-29(35)24-16-15-22-23(28(24)34)12-10-13-26(22)33-39(7,36)37/h10,12-17,20,33-34H,8-9,11,18-19H2,1-7H3,(H,32,35). The number of amides is 1. The Hall–Kier alpha value is -3.26. The van der Waals surface area contributed by atoms with Gasteiger partial charge >= 0.3 is 0 Å². The van der Waals surface area contributed by atoms with Gasteiger partial charge in [0.25, 0.3) is 5.91 Å². The van der Waals surface area contributed by atoms with Gasteiger partial charge in [-0.3, -0.25) is 9.52 Å². The number of phenols is 1. The van der Waals surface area contributed by atoms with Crippen molar-refractivity contribution in [3.63, 3.8) is 0 Å². The summed E-state index contributed by atoms with van der Waals surface area (Å²) in [5, 5.41) is 14.5. The Morgan fingerprint density at radius 3 is 2.28 bits per heavy atom. The number of aromatic hydroxyl groups is 1. The van der Waals surface area contributed by atoms with Crippen molar-refractivity contribution in [1.29, 1.82) is 0 Å². The van der Waals surface area contributed by atoms with Gasteiger partial charge in [-0.1, -0.05) is 71.9 Å². The first-order valence-corrected chi connectivity index (χ1v) is 15.4. The summed E-state index contributed by atoms with van der Waals surface area (Å²) in [5.74, 6) is 0.268. The van der Waals surface area contributed by atoms with Crippen LogP contribution in [0.15, 0.2) is 48.5 Å². The number of phenolic OH excluding ortho intramolecular Hbond substituents is 1. The summed E-state index contributed by atoms with van der Waals surface area (Å²) in [7, 11) is -3.49. The molecule has 0 heterocycles. The zero-order chi connectivity index (χ0) is 29.0. The third kappa shape index (κ3) is 7.24. The quantitative estimate of drug-likeness (QED) is 0.222. The molecule has 0 aliphatic carbocycles. The number of ether oxygens (including phenoxy) is 1. The number of carbonyl (C=O) groups is 1. The summed E-state index contributed by atoms with van der Waals surface area (Å²) >= 11 is 0. The molecule has 0 saturated heterocycles. The molecule has 0 radical (unpaired) electrons. The van der Waals surface area contributed by atoms with Crippen molar-refractivity contribution in [3.8, 4) is 11.5 Å². The fourth-order valence-electron chi connectivity index (χ4n) is 4.37. The number of benzene rings is 3. The van der Waals surface area contributed by atoms with Crippen LogP contribution in [0.25, 0.3) is 10.8 Å². The Kier molecular flexibility index (Phi) is 9.21.